The van der Waals surface area contributed by atoms with Gasteiger partial charge in [0.2, 0.25) is 0 Å². The number of nitriles is 1. The lowest BCUT2D eigenvalue weighted by Gasteiger charge is -2.04. The molecule has 130 valence electrons. The average Bonchev–Trinajstić information content (AvgIpc) is 3.07. The van der Waals surface area contributed by atoms with E-state index in [0.717, 1.165) is 16.9 Å². The van der Waals surface area contributed by atoms with Gasteiger partial charge < -0.3 is 0 Å². The molecule has 0 aliphatic rings. The lowest BCUT2D eigenvalue weighted by atomic mass is 10.0. The summed E-state index contributed by atoms with van der Waals surface area (Å²) in [6.45, 7) is 4.17. The third kappa shape index (κ3) is 3.09. The van der Waals surface area contributed by atoms with Crippen molar-refractivity contribution in [1.29, 1.82) is 5.26 Å². The van der Waals surface area contributed by atoms with Crippen molar-refractivity contribution in [3.05, 3.63) is 83.6 Å². The van der Waals surface area contributed by atoms with Crippen LogP contribution in [0.25, 0.3) is 16.9 Å². The Labute approximate surface area is 157 Å². The average molecular weight is 351 g/mol. The number of azo groups is 1. The molecule has 0 N–H and O–H groups in total. The summed E-state index contributed by atoms with van der Waals surface area (Å²) in [5, 5.41) is 18.1. The maximum absolute atomic E-state index is 9.27. The number of hydrogen-bond donors (Lipinski definition) is 0. The topological polar surface area (TPSA) is 65.8 Å². The van der Waals surface area contributed by atoms with Crippen LogP contribution >= 0.6 is 0 Å². The Morgan fingerprint density at radius 1 is 0.926 bits per heavy atom. The molecule has 0 atom stereocenters. The second kappa shape index (κ2) is 6.85. The van der Waals surface area contributed by atoms with Gasteiger partial charge in [0.25, 0.3) is 0 Å². The highest BCUT2D eigenvalue weighted by molar-refractivity contribution is 5.75. The van der Waals surface area contributed by atoms with Gasteiger partial charge in [0.1, 0.15) is 23.1 Å². The summed E-state index contributed by atoms with van der Waals surface area (Å²) in [5.41, 5.74) is 6.01. The zero-order valence-corrected chi connectivity index (χ0v) is 15.1. The minimum absolute atomic E-state index is 0.489. The molecule has 0 fully saturated rings. The lowest BCUT2D eigenvalue weighted by molar-refractivity contribution is 1.10. The van der Waals surface area contributed by atoms with E-state index in [2.05, 4.69) is 42.3 Å². The van der Waals surface area contributed by atoms with Gasteiger partial charge in [-0.15, -0.1) is 10.2 Å². The van der Waals surface area contributed by atoms with Crippen LogP contribution in [0.3, 0.4) is 0 Å². The molecule has 0 aliphatic carbocycles. The molecule has 0 saturated carbocycles. The summed E-state index contributed by atoms with van der Waals surface area (Å²) in [7, 11) is 0. The zero-order chi connectivity index (χ0) is 18.8. The van der Waals surface area contributed by atoms with Crippen molar-refractivity contribution in [3.8, 4) is 17.3 Å². The highest BCUT2D eigenvalue weighted by atomic mass is 15.2. The molecule has 2 heterocycles. The van der Waals surface area contributed by atoms with Crippen LogP contribution < -0.4 is 0 Å². The molecular formula is C22H17N5. The number of rotatable bonds is 3. The molecule has 0 aliphatic heterocycles. The van der Waals surface area contributed by atoms with Crippen LogP contribution in [0, 0.1) is 25.2 Å². The Morgan fingerprint density at radius 2 is 1.74 bits per heavy atom. The van der Waals surface area contributed by atoms with E-state index in [1.54, 1.807) is 12.1 Å². The van der Waals surface area contributed by atoms with Gasteiger partial charge in [0.15, 0.2) is 5.82 Å². The van der Waals surface area contributed by atoms with Crippen molar-refractivity contribution in [3.63, 3.8) is 0 Å². The van der Waals surface area contributed by atoms with Gasteiger partial charge in [-0.2, -0.15) is 5.26 Å². The van der Waals surface area contributed by atoms with Crippen LogP contribution in [-0.4, -0.2) is 9.38 Å². The van der Waals surface area contributed by atoms with E-state index in [0.29, 0.717) is 17.1 Å². The molecule has 5 nitrogen and oxygen atoms in total. The number of imidazole rings is 1. The second-order valence-corrected chi connectivity index (χ2v) is 6.34. The first-order valence-corrected chi connectivity index (χ1v) is 8.63. The molecule has 27 heavy (non-hydrogen) atoms. The van der Waals surface area contributed by atoms with Gasteiger partial charge in [0, 0.05) is 11.8 Å². The third-order valence-corrected chi connectivity index (χ3v) is 4.56. The van der Waals surface area contributed by atoms with Crippen molar-refractivity contribution in [1.82, 2.24) is 9.38 Å². The lowest BCUT2D eigenvalue weighted by Crippen LogP contribution is -1.85. The van der Waals surface area contributed by atoms with Gasteiger partial charge in [-0.3, -0.25) is 4.40 Å². The maximum atomic E-state index is 9.27. The van der Waals surface area contributed by atoms with Crippen LogP contribution in [0.2, 0.25) is 0 Å². The first kappa shape index (κ1) is 16.7. The van der Waals surface area contributed by atoms with Gasteiger partial charge >= 0.3 is 0 Å². The third-order valence-electron chi connectivity index (χ3n) is 4.56. The number of benzene rings is 2. The predicted molar refractivity (Wildman–Crippen MR) is 105 cm³/mol. The van der Waals surface area contributed by atoms with E-state index in [1.165, 1.54) is 11.1 Å². The number of pyridine rings is 1. The van der Waals surface area contributed by atoms with Crippen LogP contribution in [0.4, 0.5) is 11.5 Å². The summed E-state index contributed by atoms with van der Waals surface area (Å²) >= 11 is 0. The fourth-order valence-corrected chi connectivity index (χ4v) is 2.92. The quantitative estimate of drug-likeness (QED) is 0.431. The molecule has 0 saturated heterocycles. The molecular weight excluding hydrogens is 334 g/mol. The van der Waals surface area contributed by atoms with Crippen molar-refractivity contribution in [2.24, 2.45) is 10.2 Å². The van der Waals surface area contributed by atoms with Crippen LogP contribution in [0.15, 0.2) is 77.1 Å². The molecule has 0 radical (unpaired) electrons. The fourth-order valence-electron chi connectivity index (χ4n) is 2.92. The monoisotopic (exact) mass is 351 g/mol. The summed E-state index contributed by atoms with van der Waals surface area (Å²) < 4.78 is 1.91. The molecule has 0 unspecified atom stereocenters. The maximum Gasteiger partial charge on any atom is 0.187 e. The molecule has 0 amide bonds. The van der Waals surface area contributed by atoms with E-state index in [1.807, 2.05) is 47.0 Å². The van der Waals surface area contributed by atoms with Gasteiger partial charge in [0.05, 0.1) is 5.56 Å². The first-order chi connectivity index (χ1) is 13.2. The highest BCUT2D eigenvalue weighted by Gasteiger charge is 2.14. The molecule has 5 heteroatoms. The summed E-state index contributed by atoms with van der Waals surface area (Å²) in [6.07, 6.45) is 1.91. The SMILES string of the molecule is Cc1ccc(-c2nc3ccccn3c2N=Nc2ccccc2C#N)cc1C. The Hall–Kier alpha value is -3.78. The summed E-state index contributed by atoms with van der Waals surface area (Å²) in [4.78, 5) is 4.75. The Kier molecular flexibility index (Phi) is 4.23. The Morgan fingerprint density at radius 3 is 2.56 bits per heavy atom. The standard InChI is InChI=1S/C22H17N5/c1-15-10-11-17(13-16(15)2)21-22(27-12-6-5-9-20(27)24-21)26-25-19-8-4-3-7-18(19)14-23/h3-13H,1-2H3. The van der Waals surface area contributed by atoms with Crippen molar-refractivity contribution >= 4 is 17.2 Å². The zero-order valence-electron chi connectivity index (χ0n) is 15.1. The fraction of sp³-hybridized carbons (Fsp3) is 0.0909. The van der Waals surface area contributed by atoms with Gasteiger partial charge in [-0.1, -0.05) is 30.3 Å². The van der Waals surface area contributed by atoms with Crippen LogP contribution in [0.1, 0.15) is 16.7 Å². The highest BCUT2D eigenvalue weighted by Crippen LogP contribution is 2.33. The summed E-state index contributed by atoms with van der Waals surface area (Å²) in [6, 6.07) is 21.4. The van der Waals surface area contributed by atoms with E-state index in [4.69, 9.17) is 4.98 Å². The van der Waals surface area contributed by atoms with E-state index in [9.17, 15) is 5.26 Å². The second-order valence-electron chi connectivity index (χ2n) is 6.34. The largest absolute Gasteiger partial charge is 0.283 e. The number of aromatic nitrogens is 2. The van der Waals surface area contributed by atoms with Crippen molar-refractivity contribution in [2.75, 3.05) is 0 Å². The molecule has 2 aromatic carbocycles. The Balaban J connectivity index is 1.90. The van der Waals surface area contributed by atoms with Crippen molar-refractivity contribution in [2.45, 2.75) is 13.8 Å². The number of fused-ring (bicyclic) bond motifs is 1. The normalized spacial score (nSPS) is 11.1. The van der Waals surface area contributed by atoms with E-state index >= 15 is 0 Å². The predicted octanol–water partition coefficient (Wildman–Crippen LogP) is 5.91. The minimum Gasteiger partial charge on any atom is -0.283 e. The van der Waals surface area contributed by atoms with Gasteiger partial charge in [-0.25, -0.2) is 4.98 Å². The van der Waals surface area contributed by atoms with Crippen LogP contribution in [0.5, 0.6) is 0 Å². The number of nitrogens with zero attached hydrogens (tertiary/aromatic N) is 5. The van der Waals surface area contributed by atoms with Crippen LogP contribution in [-0.2, 0) is 0 Å². The molecule has 2 aromatic heterocycles. The number of aryl methyl sites for hydroxylation is 2. The molecule has 4 rings (SSSR count). The molecule has 4 aromatic rings. The minimum atomic E-state index is 0.489. The van der Waals surface area contributed by atoms with E-state index in [-0.39, 0.29) is 0 Å². The summed E-state index contributed by atoms with van der Waals surface area (Å²) in [5.74, 6) is 0.640. The smallest absolute Gasteiger partial charge is 0.187 e. The Bertz CT molecular complexity index is 1210. The van der Waals surface area contributed by atoms with Gasteiger partial charge in [-0.05, 0) is 55.3 Å². The number of hydrogen-bond acceptors (Lipinski definition) is 4. The molecule has 0 spiro atoms. The van der Waals surface area contributed by atoms with E-state index < -0.39 is 0 Å². The first-order valence-electron chi connectivity index (χ1n) is 8.63. The van der Waals surface area contributed by atoms with Crippen molar-refractivity contribution < 1.29 is 0 Å². The molecule has 0 bridgehead atoms.